The molecule has 106 valence electrons. The molecule has 0 spiro atoms. The van der Waals surface area contributed by atoms with E-state index >= 15 is 0 Å². The Kier molecular flexibility index (Phi) is 4.00. The number of hydrogen-bond acceptors (Lipinski definition) is 2. The molecule has 0 radical (unpaired) electrons. The van der Waals surface area contributed by atoms with Gasteiger partial charge in [0.25, 0.3) is 0 Å². The minimum absolute atomic E-state index is 0.117. The van der Waals surface area contributed by atoms with Crippen molar-refractivity contribution in [1.29, 1.82) is 0 Å². The molecule has 0 atom stereocenters. The lowest BCUT2D eigenvalue weighted by Gasteiger charge is -2.13. The first-order valence-corrected chi connectivity index (χ1v) is 6.15. The predicted octanol–water partition coefficient (Wildman–Crippen LogP) is 4.66. The predicted molar refractivity (Wildman–Crippen MR) is 69.0 cm³/mol. The number of aldehydes is 1. The highest BCUT2D eigenvalue weighted by atomic mass is 35.5. The van der Waals surface area contributed by atoms with Crippen LogP contribution in [0.15, 0.2) is 18.2 Å². The number of alkyl halides is 3. The van der Waals surface area contributed by atoms with Crippen LogP contribution in [-0.2, 0) is 6.18 Å². The van der Waals surface area contributed by atoms with Crippen LogP contribution < -0.4 is 0 Å². The summed E-state index contributed by atoms with van der Waals surface area (Å²) in [6, 6.07) is 3.06. The lowest BCUT2D eigenvalue weighted by Crippen LogP contribution is -2.13. The van der Waals surface area contributed by atoms with Gasteiger partial charge in [0.05, 0.1) is 10.0 Å². The third-order valence-electron chi connectivity index (χ3n) is 2.33. The van der Waals surface area contributed by atoms with Crippen molar-refractivity contribution in [3.8, 4) is 5.69 Å². The van der Waals surface area contributed by atoms with Gasteiger partial charge in [0.2, 0.25) is 0 Å². The van der Waals surface area contributed by atoms with Crippen LogP contribution >= 0.6 is 34.8 Å². The molecule has 0 N–H and O–H groups in total. The number of nitrogens with zero attached hydrogens (tertiary/aromatic N) is 2. The van der Waals surface area contributed by atoms with Crippen LogP contribution in [0.2, 0.25) is 15.1 Å². The minimum Gasteiger partial charge on any atom is -0.296 e. The molecule has 0 saturated heterocycles. The number of carbonyl (C=O) groups excluding carboxylic acids is 1. The van der Waals surface area contributed by atoms with E-state index in [2.05, 4.69) is 5.10 Å². The Hall–Kier alpha value is -1.24. The summed E-state index contributed by atoms with van der Waals surface area (Å²) in [5.74, 6) is 0. The summed E-state index contributed by atoms with van der Waals surface area (Å²) >= 11 is 17.4. The topological polar surface area (TPSA) is 34.9 Å². The van der Waals surface area contributed by atoms with Gasteiger partial charge >= 0.3 is 6.18 Å². The van der Waals surface area contributed by atoms with E-state index in [0.29, 0.717) is 10.7 Å². The van der Waals surface area contributed by atoms with E-state index in [4.69, 9.17) is 34.8 Å². The molecule has 9 heteroatoms. The van der Waals surface area contributed by atoms with E-state index in [0.717, 1.165) is 0 Å². The molecule has 0 aliphatic carbocycles. The van der Waals surface area contributed by atoms with Crippen LogP contribution in [0.25, 0.3) is 5.69 Å². The fourth-order valence-corrected chi connectivity index (χ4v) is 2.54. The molecule has 0 saturated carbocycles. The van der Waals surface area contributed by atoms with E-state index in [1.54, 1.807) is 0 Å². The maximum atomic E-state index is 12.9. The molecular formula is C11H4Cl3F3N2O. The molecule has 1 aromatic heterocycles. The van der Waals surface area contributed by atoms with E-state index in [9.17, 15) is 18.0 Å². The SMILES string of the molecule is O=Cc1cc(C(F)(F)F)n(-c2c(Cl)cc(Cl)cc2Cl)n1. The normalized spacial score (nSPS) is 11.7. The van der Waals surface area contributed by atoms with E-state index in [-0.39, 0.29) is 32.7 Å². The van der Waals surface area contributed by atoms with Crippen molar-refractivity contribution in [3.05, 3.63) is 44.7 Å². The van der Waals surface area contributed by atoms with Crippen LogP contribution in [0.4, 0.5) is 13.2 Å². The number of carbonyl (C=O) groups is 1. The number of hydrogen-bond donors (Lipinski definition) is 0. The van der Waals surface area contributed by atoms with Gasteiger partial charge in [-0.25, -0.2) is 4.68 Å². The third kappa shape index (κ3) is 2.77. The molecule has 2 rings (SSSR count). The fraction of sp³-hybridized carbons (Fsp3) is 0.0909. The summed E-state index contributed by atoms with van der Waals surface area (Å²) in [5, 5.41) is 3.47. The smallest absolute Gasteiger partial charge is 0.296 e. The summed E-state index contributed by atoms with van der Waals surface area (Å²) in [6.45, 7) is 0. The average molecular weight is 344 g/mol. The van der Waals surface area contributed by atoms with Gasteiger partial charge in [0.1, 0.15) is 17.1 Å². The third-order valence-corrected chi connectivity index (χ3v) is 3.13. The van der Waals surface area contributed by atoms with Crippen molar-refractivity contribution >= 4 is 41.1 Å². The molecule has 3 nitrogen and oxygen atoms in total. The Morgan fingerprint density at radius 2 is 1.65 bits per heavy atom. The molecule has 0 aliphatic rings. The van der Waals surface area contributed by atoms with Crippen LogP contribution in [0.5, 0.6) is 0 Å². The highest BCUT2D eigenvalue weighted by Crippen LogP contribution is 2.37. The van der Waals surface area contributed by atoms with E-state index < -0.39 is 11.9 Å². The monoisotopic (exact) mass is 342 g/mol. The van der Waals surface area contributed by atoms with Gasteiger partial charge in [-0.2, -0.15) is 18.3 Å². The molecule has 20 heavy (non-hydrogen) atoms. The van der Waals surface area contributed by atoms with E-state index in [1.165, 1.54) is 12.1 Å². The van der Waals surface area contributed by atoms with Crippen molar-refractivity contribution < 1.29 is 18.0 Å². The molecule has 0 bridgehead atoms. The fourth-order valence-electron chi connectivity index (χ4n) is 1.57. The first-order valence-electron chi connectivity index (χ1n) is 5.01. The molecule has 1 aromatic carbocycles. The maximum absolute atomic E-state index is 12.9. The number of aromatic nitrogens is 2. The molecule has 1 heterocycles. The van der Waals surface area contributed by atoms with Crippen molar-refractivity contribution in [2.24, 2.45) is 0 Å². The van der Waals surface area contributed by atoms with Gasteiger partial charge in [-0.3, -0.25) is 4.79 Å². The van der Waals surface area contributed by atoms with Crippen LogP contribution in [0, 0.1) is 0 Å². The van der Waals surface area contributed by atoms with Gasteiger partial charge < -0.3 is 0 Å². The van der Waals surface area contributed by atoms with E-state index in [1.807, 2.05) is 0 Å². The Morgan fingerprint density at radius 3 is 2.10 bits per heavy atom. The Morgan fingerprint density at radius 1 is 1.10 bits per heavy atom. The van der Waals surface area contributed by atoms with Crippen LogP contribution in [0.1, 0.15) is 16.2 Å². The molecule has 0 unspecified atom stereocenters. The van der Waals surface area contributed by atoms with Gasteiger partial charge in [-0.15, -0.1) is 0 Å². The zero-order valence-corrected chi connectivity index (χ0v) is 11.6. The Bertz CT molecular complexity index is 659. The van der Waals surface area contributed by atoms with Crippen LogP contribution in [0.3, 0.4) is 0 Å². The van der Waals surface area contributed by atoms with Crippen molar-refractivity contribution in [2.75, 3.05) is 0 Å². The second-order valence-corrected chi connectivity index (χ2v) is 4.95. The van der Waals surface area contributed by atoms with Gasteiger partial charge in [0, 0.05) is 5.02 Å². The number of benzene rings is 1. The standard InChI is InChI=1S/C11H4Cl3F3N2O/c12-5-1-7(13)10(8(14)2-5)19-9(11(15,16)17)3-6(4-20)18-19/h1-4H. The summed E-state index contributed by atoms with van der Waals surface area (Å²) in [5.41, 5.74) is -1.75. The molecule has 0 amide bonds. The highest BCUT2D eigenvalue weighted by Gasteiger charge is 2.37. The maximum Gasteiger partial charge on any atom is 0.433 e. The average Bonchev–Trinajstić information content (AvgIpc) is 2.71. The molecular weight excluding hydrogens is 339 g/mol. The van der Waals surface area contributed by atoms with Gasteiger partial charge in [-0.1, -0.05) is 34.8 Å². The molecule has 2 aromatic rings. The second-order valence-electron chi connectivity index (χ2n) is 3.70. The van der Waals surface area contributed by atoms with Gasteiger partial charge in [0.15, 0.2) is 6.29 Å². The van der Waals surface area contributed by atoms with Crippen molar-refractivity contribution in [3.63, 3.8) is 0 Å². The number of halogens is 6. The van der Waals surface area contributed by atoms with Crippen molar-refractivity contribution in [2.45, 2.75) is 6.18 Å². The quantitative estimate of drug-likeness (QED) is 0.743. The Balaban J connectivity index is 2.76. The zero-order valence-electron chi connectivity index (χ0n) is 9.38. The summed E-state index contributed by atoms with van der Waals surface area (Å²) in [4.78, 5) is 10.6. The highest BCUT2D eigenvalue weighted by molar-refractivity contribution is 6.40. The number of rotatable bonds is 2. The summed E-state index contributed by atoms with van der Waals surface area (Å²) < 4.78 is 39.3. The van der Waals surface area contributed by atoms with Crippen molar-refractivity contribution in [1.82, 2.24) is 9.78 Å². The first-order chi connectivity index (χ1) is 9.24. The molecule has 0 fully saturated rings. The summed E-state index contributed by atoms with van der Waals surface area (Å²) in [7, 11) is 0. The summed E-state index contributed by atoms with van der Waals surface area (Å²) in [6.07, 6.45) is -4.52. The Labute approximate surface area is 125 Å². The largest absolute Gasteiger partial charge is 0.433 e. The lowest BCUT2D eigenvalue weighted by molar-refractivity contribution is -0.142. The van der Waals surface area contributed by atoms with Gasteiger partial charge in [-0.05, 0) is 18.2 Å². The first kappa shape index (κ1) is 15.2. The minimum atomic E-state index is -4.72. The van der Waals surface area contributed by atoms with Crippen LogP contribution in [-0.4, -0.2) is 16.1 Å². The lowest BCUT2D eigenvalue weighted by atomic mass is 10.3. The zero-order chi connectivity index (χ0) is 15.1. The molecule has 0 aliphatic heterocycles. The second kappa shape index (κ2) is 5.27.